The third kappa shape index (κ3) is 3.36. The molecular formula is C17H19FO2. The van der Waals surface area contributed by atoms with Gasteiger partial charge < -0.3 is 9.84 Å². The molecule has 0 radical (unpaired) electrons. The van der Waals surface area contributed by atoms with Gasteiger partial charge in [0.1, 0.15) is 24.3 Å². The minimum Gasteiger partial charge on any atom is -0.490 e. The summed E-state index contributed by atoms with van der Waals surface area (Å²) in [5, 5.41) is 10.1. The summed E-state index contributed by atoms with van der Waals surface area (Å²) in [6.07, 6.45) is -0.723. The van der Waals surface area contributed by atoms with Crippen molar-refractivity contribution in [3.63, 3.8) is 0 Å². The van der Waals surface area contributed by atoms with E-state index in [1.54, 1.807) is 19.1 Å². The molecule has 0 amide bonds. The van der Waals surface area contributed by atoms with E-state index in [0.29, 0.717) is 11.3 Å². The van der Waals surface area contributed by atoms with E-state index in [2.05, 4.69) is 0 Å². The van der Waals surface area contributed by atoms with Gasteiger partial charge in [-0.05, 0) is 49.1 Å². The lowest BCUT2D eigenvalue weighted by Crippen LogP contribution is -2.10. The molecule has 2 aromatic rings. The average Bonchev–Trinajstić information content (AvgIpc) is 2.43. The third-order valence-corrected chi connectivity index (χ3v) is 3.47. The standard InChI is InChI=1S/C17H19FO2/c1-11-4-6-14(8-13(11)3)17(19)10-20-15-7-5-12(2)16(18)9-15/h4-9,17,19H,10H2,1-3H3. The molecule has 1 unspecified atom stereocenters. The van der Waals surface area contributed by atoms with E-state index in [1.807, 2.05) is 32.0 Å². The Hall–Kier alpha value is -1.87. The highest BCUT2D eigenvalue weighted by molar-refractivity contribution is 5.31. The van der Waals surface area contributed by atoms with Crippen LogP contribution in [0.25, 0.3) is 0 Å². The highest BCUT2D eigenvalue weighted by Crippen LogP contribution is 2.20. The van der Waals surface area contributed by atoms with Crippen LogP contribution in [-0.2, 0) is 0 Å². The number of hydrogen-bond donors (Lipinski definition) is 1. The molecular weight excluding hydrogens is 255 g/mol. The molecule has 0 fully saturated rings. The van der Waals surface area contributed by atoms with Gasteiger partial charge in [0.05, 0.1) is 0 Å². The number of rotatable bonds is 4. The van der Waals surface area contributed by atoms with E-state index in [9.17, 15) is 9.50 Å². The predicted molar refractivity (Wildman–Crippen MR) is 77.5 cm³/mol. The summed E-state index contributed by atoms with van der Waals surface area (Å²) >= 11 is 0. The van der Waals surface area contributed by atoms with E-state index >= 15 is 0 Å². The highest BCUT2D eigenvalue weighted by Gasteiger charge is 2.10. The zero-order valence-electron chi connectivity index (χ0n) is 12.0. The quantitative estimate of drug-likeness (QED) is 0.917. The number of ether oxygens (including phenoxy) is 1. The van der Waals surface area contributed by atoms with Crippen LogP contribution in [0.4, 0.5) is 4.39 Å². The fourth-order valence-electron chi connectivity index (χ4n) is 1.91. The van der Waals surface area contributed by atoms with Crippen LogP contribution in [0.2, 0.25) is 0 Å². The van der Waals surface area contributed by atoms with Gasteiger partial charge in [-0.15, -0.1) is 0 Å². The maximum absolute atomic E-state index is 13.4. The van der Waals surface area contributed by atoms with Crippen molar-refractivity contribution in [3.05, 3.63) is 64.5 Å². The van der Waals surface area contributed by atoms with Gasteiger partial charge in [-0.1, -0.05) is 24.3 Å². The molecule has 1 atom stereocenters. The number of aliphatic hydroxyl groups is 1. The van der Waals surface area contributed by atoms with Crippen molar-refractivity contribution in [2.24, 2.45) is 0 Å². The maximum atomic E-state index is 13.4. The molecule has 0 aliphatic carbocycles. The van der Waals surface area contributed by atoms with Crippen LogP contribution in [-0.4, -0.2) is 11.7 Å². The SMILES string of the molecule is Cc1ccc(C(O)COc2ccc(C)c(F)c2)cc1C. The Morgan fingerprint density at radius 1 is 1.00 bits per heavy atom. The summed E-state index contributed by atoms with van der Waals surface area (Å²) in [5.41, 5.74) is 3.69. The first kappa shape index (κ1) is 14.5. The summed E-state index contributed by atoms with van der Waals surface area (Å²) in [6, 6.07) is 10.5. The van der Waals surface area contributed by atoms with Crippen LogP contribution in [0, 0.1) is 26.6 Å². The highest BCUT2D eigenvalue weighted by atomic mass is 19.1. The van der Waals surface area contributed by atoms with Crippen molar-refractivity contribution >= 4 is 0 Å². The van der Waals surface area contributed by atoms with Gasteiger partial charge in [0, 0.05) is 6.07 Å². The van der Waals surface area contributed by atoms with Gasteiger partial charge in [0.2, 0.25) is 0 Å². The fourth-order valence-corrected chi connectivity index (χ4v) is 1.91. The van der Waals surface area contributed by atoms with Crippen LogP contribution in [0.15, 0.2) is 36.4 Å². The molecule has 0 bridgehead atoms. The number of hydrogen-bond acceptors (Lipinski definition) is 2. The molecule has 0 aliphatic rings. The molecule has 0 spiro atoms. The number of benzene rings is 2. The third-order valence-electron chi connectivity index (χ3n) is 3.47. The van der Waals surface area contributed by atoms with Crippen molar-refractivity contribution in [3.8, 4) is 5.75 Å². The van der Waals surface area contributed by atoms with Crippen molar-refractivity contribution in [1.29, 1.82) is 0 Å². The normalized spacial score (nSPS) is 12.2. The Kier molecular flexibility index (Phi) is 4.40. The second-order valence-corrected chi connectivity index (χ2v) is 5.08. The molecule has 0 aliphatic heterocycles. The Morgan fingerprint density at radius 2 is 1.70 bits per heavy atom. The van der Waals surface area contributed by atoms with Gasteiger partial charge >= 0.3 is 0 Å². The zero-order valence-corrected chi connectivity index (χ0v) is 12.0. The van der Waals surface area contributed by atoms with Gasteiger partial charge in [0.25, 0.3) is 0 Å². The van der Waals surface area contributed by atoms with E-state index in [0.717, 1.165) is 11.1 Å². The van der Waals surface area contributed by atoms with Gasteiger partial charge in [-0.3, -0.25) is 0 Å². The Balaban J connectivity index is 2.02. The van der Waals surface area contributed by atoms with E-state index in [1.165, 1.54) is 11.6 Å². The van der Waals surface area contributed by atoms with Crippen molar-refractivity contribution in [1.82, 2.24) is 0 Å². The van der Waals surface area contributed by atoms with Crippen LogP contribution >= 0.6 is 0 Å². The number of aliphatic hydroxyl groups excluding tert-OH is 1. The maximum Gasteiger partial charge on any atom is 0.129 e. The van der Waals surface area contributed by atoms with Gasteiger partial charge in [0.15, 0.2) is 0 Å². The molecule has 3 heteroatoms. The second kappa shape index (κ2) is 6.06. The van der Waals surface area contributed by atoms with Crippen molar-refractivity contribution in [2.75, 3.05) is 6.61 Å². The second-order valence-electron chi connectivity index (χ2n) is 5.08. The van der Waals surface area contributed by atoms with Gasteiger partial charge in [-0.2, -0.15) is 0 Å². The molecule has 0 saturated carbocycles. The molecule has 2 rings (SSSR count). The van der Waals surface area contributed by atoms with E-state index in [4.69, 9.17) is 4.74 Å². The van der Waals surface area contributed by atoms with E-state index < -0.39 is 6.10 Å². The van der Waals surface area contributed by atoms with E-state index in [-0.39, 0.29) is 12.4 Å². The summed E-state index contributed by atoms with van der Waals surface area (Å²) in [6.45, 7) is 5.83. The lowest BCUT2D eigenvalue weighted by Gasteiger charge is -2.14. The van der Waals surface area contributed by atoms with Crippen molar-refractivity contribution in [2.45, 2.75) is 26.9 Å². The minimum absolute atomic E-state index is 0.102. The molecule has 1 N–H and O–H groups in total. The van der Waals surface area contributed by atoms with Crippen LogP contribution < -0.4 is 4.74 Å². The topological polar surface area (TPSA) is 29.5 Å². The smallest absolute Gasteiger partial charge is 0.129 e. The monoisotopic (exact) mass is 274 g/mol. The summed E-state index contributed by atoms with van der Waals surface area (Å²) in [5.74, 6) is 0.124. The molecule has 106 valence electrons. The molecule has 0 heterocycles. The summed E-state index contributed by atoms with van der Waals surface area (Å²) < 4.78 is 18.8. The molecule has 2 aromatic carbocycles. The molecule has 0 aromatic heterocycles. The average molecular weight is 274 g/mol. The molecule has 20 heavy (non-hydrogen) atoms. The summed E-state index contributed by atoms with van der Waals surface area (Å²) in [4.78, 5) is 0. The predicted octanol–water partition coefficient (Wildman–Crippen LogP) is 3.86. The summed E-state index contributed by atoms with van der Waals surface area (Å²) in [7, 11) is 0. The minimum atomic E-state index is -0.723. The molecule has 2 nitrogen and oxygen atoms in total. The lowest BCUT2D eigenvalue weighted by atomic mass is 10.0. The first-order valence-electron chi connectivity index (χ1n) is 6.61. The lowest BCUT2D eigenvalue weighted by molar-refractivity contribution is 0.108. The molecule has 0 saturated heterocycles. The van der Waals surface area contributed by atoms with Gasteiger partial charge in [-0.25, -0.2) is 4.39 Å². The van der Waals surface area contributed by atoms with Crippen LogP contribution in [0.3, 0.4) is 0 Å². The number of halogens is 1. The Bertz CT molecular complexity index is 608. The van der Waals surface area contributed by atoms with Crippen molar-refractivity contribution < 1.29 is 14.2 Å². The first-order valence-corrected chi connectivity index (χ1v) is 6.61. The number of aryl methyl sites for hydroxylation is 3. The van der Waals surface area contributed by atoms with Crippen LogP contribution in [0.1, 0.15) is 28.4 Å². The Morgan fingerprint density at radius 3 is 2.35 bits per heavy atom. The first-order chi connectivity index (χ1) is 9.47. The fraction of sp³-hybridized carbons (Fsp3) is 0.294. The van der Waals surface area contributed by atoms with Crippen LogP contribution in [0.5, 0.6) is 5.75 Å². The zero-order chi connectivity index (χ0) is 14.7. The largest absolute Gasteiger partial charge is 0.490 e. The Labute approximate surface area is 118 Å².